The number of benzene rings is 2. The smallest absolute Gasteiger partial charge is 0.261 e. The summed E-state index contributed by atoms with van der Waals surface area (Å²) in [5.41, 5.74) is 0.377. The molecule has 2 unspecified atom stereocenters. The summed E-state index contributed by atoms with van der Waals surface area (Å²) in [7, 11) is 3.63. The number of fused-ring (bicyclic) bond motifs is 2. The lowest BCUT2D eigenvalue weighted by atomic mass is 9.77. The first-order chi connectivity index (χ1) is 12.9. The fourth-order valence-electron chi connectivity index (χ4n) is 3.84. The number of rotatable bonds is 5. The molecule has 0 saturated carbocycles. The molecule has 2 atom stereocenters. The Bertz CT molecular complexity index is 1040. The van der Waals surface area contributed by atoms with Crippen LogP contribution in [0.2, 0.25) is 0 Å². The number of hydrogen-bond acceptors (Lipinski definition) is 4. The van der Waals surface area contributed by atoms with Crippen molar-refractivity contribution in [3.8, 4) is 0 Å². The zero-order valence-electron chi connectivity index (χ0n) is 15.2. The Hall–Kier alpha value is -2.96. The molecule has 2 heterocycles. The quantitative estimate of drug-likeness (QED) is 0.608. The summed E-state index contributed by atoms with van der Waals surface area (Å²) in [5.74, 6) is -1.78. The van der Waals surface area contributed by atoms with Gasteiger partial charge in [0.15, 0.2) is 11.4 Å². The van der Waals surface area contributed by atoms with Crippen LogP contribution in [0.4, 0.5) is 5.69 Å². The molecule has 2 aromatic carbocycles. The summed E-state index contributed by atoms with van der Waals surface area (Å²) in [4.78, 5) is 31.2. The van der Waals surface area contributed by atoms with Crippen LogP contribution in [-0.2, 0) is 10.4 Å². The molecule has 1 aromatic heterocycles. The number of ketones is 1. The van der Waals surface area contributed by atoms with Crippen molar-refractivity contribution in [2.45, 2.75) is 5.60 Å². The third-order valence-electron chi connectivity index (χ3n) is 5.16. The summed E-state index contributed by atoms with van der Waals surface area (Å²) in [6, 6.07) is 14.5. The van der Waals surface area contributed by atoms with E-state index in [1.165, 1.54) is 0 Å². The van der Waals surface area contributed by atoms with Gasteiger partial charge in [-0.25, -0.2) is 0 Å². The van der Waals surface area contributed by atoms with Crippen LogP contribution in [0.5, 0.6) is 0 Å². The summed E-state index contributed by atoms with van der Waals surface area (Å²) in [6.45, 7) is 0.233. The number of anilines is 1. The van der Waals surface area contributed by atoms with Crippen molar-refractivity contribution in [2.24, 2.45) is 5.92 Å². The monoisotopic (exact) mass is 363 g/mol. The Morgan fingerprint density at radius 3 is 2.63 bits per heavy atom. The highest BCUT2D eigenvalue weighted by atomic mass is 16.3. The van der Waals surface area contributed by atoms with Crippen molar-refractivity contribution in [3.05, 3.63) is 65.9 Å². The number of aromatic nitrogens is 1. The molecule has 6 heteroatoms. The highest BCUT2D eigenvalue weighted by Gasteiger charge is 2.54. The number of Topliss-reactive ketones (excluding diaryl/α,β-unsaturated/α-hetero) is 1. The van der Waals surface area contributed by atoms with Crippen molar-refractivity contribution in [1.82, 2.24) is 9.88 Å². The summed E-state index contributed by atoms with van der Waals surface area (Å²) < 4.78 is 0. The van der Waals surface area contributed by atoms with Crippen LogP contribution in [0.1, 0.15) is 15.9 Å². The van der Waals surface area contributed by atoms with Gasteiger partial charge >= 0.3 is 0 Å². The highest BCUT2D eigenvalue weighted by molar-refractivity contribution is 6.14. The fraction of sp³-hybridized carbons (Fsp3) is 0.238. The van der Waals surface area contributed by atoms with Crippen LogP contribution in [0.25, 0.3) is 10.9 Å². The van der Waals surface area contributed by atoms with Crippen LogP contribution in [-0.4, -0.2) is 47.3 Å². The van der Waals surface area contributed by atoms with Gasteiger partial charge in [-0.05, 0) is 26.2 Å². The fourth-order valence-corrected chi connectivity index (χ4v) is 3.84. The highest BCUT2D eigenvalue weighted by Crippen LogP contribution is 2.42. The molecule has 6 nitrogen and oxygen atoms in total. The van der Waals surface area contributed by atoms with Gasteiger partial charge < -0.3 is 20.3 Å². The number of nitrogens with one attached hydrogen (secondary N) is 2. The molecule has 1 aliphatic heterocycles. The zero-order valence-corrected chi connectivity index (χ0v) is 15.2. The molecule has 0 spiro atoms. The van der Waals surface area contributed by atoms with Crippen molar-refractivity contribution in [1.29, 1.82) is 0 Å². The van der Waals surface area contributed by atoms with Crippen LogP contribution in [0.15, 0.2) is 54.7 Å². The number of hydrogen-bond donors (Lipinski definition) is 3. The minimum absolute atomic E-state index is 0.233. The zero-order chi connectivity index (χ0) is 19.2. The van der Waals surface area contributed by atoms with E-state index in [2.05, 4.69) is 10.3 Å². The van der Waals surface area contributed by atoms with E-state index in [9.17, 15) is 14.7 Å². The van der Waals surface area contributed by atoms with E-state index < -0.39 is 17.4 Å². The number of H-pyrrole nitrogens is 1. The Morgan fingerprint density at radius 1 is 1.15 bits per heavy atom. The predicted octanol–water partition coefficient (Wildman–Crippen LogP) is 2.37. The Labute approximate surface area is 156 Å². The van der Waals surface area contributed by atoms with E-state index in [1.54, 1.807) is 30.5 Å². The Balaban J connectivity index is 1.85. The lowest BCUT2D eigenvalue weighted by molar-refractivity contribution is -0.138. The van der Waals surface area contributed by atoms with E-state index in [0.29, 0.717) is 16.8 Å². The molecule has 4 rings (SSSR count). The van der Waals surface area contributed by atoms with E-state index >= 15 is 0 Å². The van der Waals surface area contributed by atoms with Gasteiger partial charge in [0.2, 0.25) is 0 Å². The number of aliphatic hydroxyl groups is 1. The number of aromatic amines is 1. The normalized spacial score (nSPS) is 19.9. The molecule has 1 aliphatic rings. The number of carbonyl (C=O) groups is 2. The van der Waals surface area contributed by atoms with Gasteiger partial charge in [0.25, 0.3) is 5.91 Å². The minimum atomic E-state index is -1.92. The largest absolute Gasteiger partial charge is 0.375 e. The maximum atomic E-state index is 13.5. The van der Waals surface area contributed by atoms with Crippen LogP contribution < -0.4 is 5.32 Å². The molecule has 0 radical (unpaired) electrons. The second-order valence-corrected chi connectivity index (χ2v) is 7.19. The van der Waals surface area contributed by atoms with Gasteiger partial charge in [0.05, 0.1) is 5.92 Å². The molecular formula is C21H21N3O3. The maximum Gasteiger partial charge on any atom is 0.261 e. The van der Waals surface area contributed by atoms with Crippen molar-refractivity contribution in [3.63, 3.8) is 0 Å². The number of para-hydroxylation sites is 2. The number of amides is 1. The SMILES string of the molecule is CN(C)CC(C(=O)c1c[nH]c2ccccc12)C1(O)C(=O)Nc2ccccc21. The molecule has 0 aliphatic carbocycles. The van der Waals surface area contributed by atoms with E-state index in [4.69, 9.17) is 0 Å². The standard InChI is InChI=1S/C21H21N3O3/c1-24(2)12-16(19(25)14-11-22-17-9-5-3-7-13(14)17)21(27)15-8-4-6-10-18(15)23-20(21)26/h3-11,16,22,27H,12H2,1-2H3,(H,23,26). The molecule has 0 saturated heterocycles. The van der Waals surface area contributed by atoms with E-state index in [-0.39, 0.29) is 12.3 Å². The van der Waals surface area contributed by atoms with Gasteiger partial charge in [-0.2, -0.15) is 0 Å². The van der Waals surface area contributed by atoms with Gasteiger partial charge in [-0.15, -0.1) is 0 Å². The average molecular weight is 363 g/mol. The third-order valence-corrected chi connectivity index (χ3v) is 5.16. The Kier molecular flexibility index (Phi) is 4.09. The van der Waals surface area contributed by atoms with Crippen LogP contribution >= 0.6 is 0 Å². The molecule has 138 valence electrons. The molecule has 0 fully saturated rings. The molecule has 3 aromatic rings. The van der Waals surface area contributed by atoms with Gasteiger partial charge in [0.1, 0.15) is 0 Å². The summed E-state index contributed by atoms with van der Waals surface area (Å²) >= 11 is 0. The van der Waals surface area contributed by atoms with Crippen molar-refractivity contribution in [2.75, 3.05) is 26.0 Å². The Morgan fingerprint density at radius 2 is 1.85 bits per heavy atom. The summed E-state index contributed by atoms with van der Waals surface area (Å²) in [6.07, 6.45) is 1.65. The molecule has 1 amide bonds. The van der Waals surface area contributed by atoms with Crippen molar-refractivity contribution >= 4 is 28.3 Å². The first-order valence-electron chi connectivity index (χ1n) is 8.81. The molecule has 0 bridgehead atoms. The predicted molar refractivity (Wildman–Crippen MR) is 104 cm³/mol. The topological polar surface area (TPSA) is 85.4 Å². The molecule has 3 N–H and O–H groups in total. The minimum Gasteiger partial charge on any atom is -0.375 e. The van der Waals surface area contributed by atoms with E-state index in [1.807, 2.05) is 43.3 Å². The second-order valence-electron chi connectivity index (χ2n) is 7.19. The maximum absolute atomic E-state index is 13.5. The summed E-state index contributed by atoms with van der Waals surface area (Å²) in [5, 5.41) is 15.0. The lowest BCUT2D eigenvalue weighted by Crippen LogP contribution is -2.49. The average Bonchev–Trinajstić information content (AvgIpc) is 3.19. The van der Waals surface area contributed by atoms with Gasteiger partial charge in [-0.1, -0.05) is 36.4 Å². The van der Waals surface area contributed by atoms with Gasteiger partial charge in [0, 0.05) is 40.5 Å². The second kappa shape index (κ2) is 6.33. The number of carbonyl (C=O) groups excluding carboxylic acids is 2. The molecule has 27 heavy (non-hydrogen) atoms. The van der Waals surface area contributed by atoms with Crippen molar-refractivity contribution < 1.29 is 14.7 Å². The van der Waals surface area contributed by atoms with Gasteiger partial charge in [-0.3, -0.25) is 9.59 Å². The van der Waals surface area contributed by atoms with E-state index in [0.717, 1.165) is 10.9 Å². The number of nitrogens with zero attached hydrogens (tertiary/aromatic N) is 1. The van der Waals surface area contributed by atoms with Crippen LogP contribution in [0, 0.1) is 5.92 Å². The molecular weight excluding hydrogens is 342 g/mol. The lowest BCUT2D eigenvalue weighted by Gasteiger charge is -2.32. The third kappa shape index (κ3) is 2.65. The van der Waals surface area contributed by atoms with Crippen LogP contribution in [0.3, 0.4) is 0 Å². The first kappa shape index (κ1) is 17.5. The first-order valence-corrected chi connectivity index (χ1v) is 8.81.